The zero-order chi connectivity index (χ0) is 25.9. The minimum absolute atomic E-state index is 0.0151. The van der Waals surface area contributed by atoms with Crippen molar-refractivity contribution in [2.75, 3.05) is 39.3 Å². The van der Waals surface area contributed by atoms with Crippen molar-refractivity contribution in [1.29, 1.82) is 0 Å². The van der Waals surface area contributed by atoms with Gasteiger partial charge in [-0.2, -0.15) is 0 Å². The van der Waals surface area contributed by atoms with Gasteiger partial charge in [0.2, 0.25) is 12.2 Å². The molecular formula is C25H31FN6O4. The molecule has 3 N–H and O–H groups in total. The Labute approximate surface area is 208 Å². The second-order valence-electron chi connectivity index (χ2n) is 9.26. The molecule has 1 aliphatic heterocycles. The predicted octanol–water partition coefficient (Wildman–Crippen LogP) is 3.24. The third-order valence-corrected chi connectivity index (χ3v) is 5.99. The van der Waals surface area contributed by atoms with Crippen LogP contribution in [0.4, 0.5) is 10.3 Å². The first-order valence-corrected chi connectivity index (χ1v) is 11.7. The lowest BCUT2D eigenvalue weighted by atomic mass is 9.92. The van der Waals surface area contributed by atoms with Gasteiger partial charge in [0.15, 0.2) is 5.82 Å². The quantitative estimate of drug-likeness (QED) is 0.470. The summed E-state index contributed by atoms with van der Waals surface area (Å²) in [5.41, 5.74) is 1.36. The van der Waals surface area contributed by atoms with Crippen LogP contribution in [0.15, 0.2) is 36.5 Å². The van der Waals surface area contributed by atoms with E-state index in [0.29, 0.717) is 40.5 Å². The number of hydrogen-bond donors (Lipinski definition) is 3. The fourth-order valence-corrected chi connectivity index (χ4v) is 3.68. The molecule has 36 heavy (non-hydrogen) atoms. The first-order valence-electron chi connectivity index (χ1n) is 11.7. The molecule has 0 atom stereocenters. The zero-order valence-corrected chi connectivity index (χ0v) is 20.8. The highest BCUT2D eigenvalue weighted by atomic mass is 19.1. The van der Waals surface area contributed by atoms with Crippen LogP contribution in [0.2, 0.25) is 0 Å². The van der Waals surface area contributed by atoms with E-state index < -0.39 is 17.7 Å². The number of halogens is 1. The van der Waals surface area contributed by atoms with E-state index in [0.717, 1.165) is 12.8 Å². The Hall–Kier alpha value is -3.41. The summed E-state index contributed by atoms with van der Waals surface area (Å²) < 4.78 is 24.9. The molecule has 3 heterocycles. The van der Waals surface area contributed by atoms with Crippen molar-refractivity contribution < 1.29 is 23.8 Å². The molecule has 1 aromatic carbocycles. The van der Waals surface area contributed by atoms with Crippen LogP contribution in [0.5, 0.6) is 0 Å². The molecule has 0 radical (unpaired) electrons. The fourth-order valence-electron chi connectivity index (χ4n) is 3.68. The molecule has 1 saturated heterocycles. The van der Waals surface area contributed by atoms with E-state index in [1.54, 1.807) is 31.3 Å². The molecule has 1 saturated carbocycles. The second kappa shape index (κ2) is 10.7. The van der Waals surface area contributed by atoms with Crippen molar-refractivity contribution in [2.24, 2.45) is 5.41 Å². The lowest BCUT2D eigenvalue weighted by Gasteiger charge is -2.33. The number of imidazole rings is 1. The van der Waals surface area contributed by atoms with Crippen LogP contribution in [-0.2, 0) is 14.3 Å². The monoisotopic (exact) mass is 498 g/mol. The Morgan fingerprint density at radius 3 is 2.39 bits per heavy atom. The lowest BCUT2D eigenvalue weighted by Crippen LogP contribution is -2.42. The standard InChI is InChI=1S/C23H24FN5O4.C2H7N/c1-23(21(30)31)11-32-20(33-12-23)19-27-17(13-3-5-14(24)6-4-13)18(28-19)16-9-10-25-22(26-16)29(2)15-7-8-15;1-3-2/h3-6,9-10,15,20H,7-8,11-12H2,1-2H3,(H,27,28)(H,30,31);3H,1-2H3. The first kappa shape index (κ1) is 25.7. The molecule has 2 aromatic heterocycles. The molecule has 1 aliphatic carbocycles. The minimum Gasteiger partial charge on any atom is -0.481 e. The molecule has 2 fully saturated rings. The number of aromatic amines is 1. The number of anilines is 1. The maximum Gasteiger partial charge on any atom is 0.314 e. The molecule has 2 aliphatic rings. The summed E-state index contributed by atoms with van der Waals surface area (Å²) in [5, 5.41) is 12.2. The van der Waals surface area contributed by atoms with Gasteiger partial charge in [-0.3, -0.25) is 4.79 Å². The number of aliphatic carboxylic acids is 1. The topological polar surface area (TPSA) is 125 Å². The normalized spacial score (nSPS) is 21.4. The minimum atomic E-state index is -1.12. The summed E-state index contributed by atoms with van der Waals surface area (Å²) in [7, 11) is 5.72. The lowest BCUT2D eigenvalue weighted by molar-refractivity contribution is -0.236. The number of H-pyrrole nitrogens is 1. The van der Waals surface area contributed by atoms with E-state index in [1.165, 1.54) is 12.1 Å². The molecule has 11 heteroatoms. The van der Waals surface area contributed by atoms with Crippen LogP contribution in [0.25, 0.3) is 22.6 Å². The summed E-state index contributed by atoms with van der Waals surface area (Å²) in [6, 6.07) is 8.24. The molecule has 0 unspecified atom stereocenters. The van der Waals surface area contributed by atoms with Crippen LogP contribution in [0.1, 0.15) is 31.9 Å². The van der Waals surface area contributed by atoms with E-state index in [1.807, 2.05) is 21.1 Å². The number of aromatic nitrogens is 4. The summed E-state index contributed by atoms with van der Waals surface area (Å²) >= 11 is 0. The number of ether oxygens (including phenoxy) is 2. The van der Waals surface area contributed by atoms with E-state index in [2.05, 4.69) is 25.2 Å². The van der Waals surface area contributed by atoms with Gasteiger partial charge in [0, 0.05) is 24.8 Å². The van der Waals surface area contributed by atoms with Gasteiger partial charge in [-0.05, 0) is 64.2 Å². The molecule has 0 bridgehead atoms. The first-order chi connectivity index (χ1) is 17.3. The van der Waals surface area contributed by atoms with E-state index in [9.17, 15) is 14.3 Å². The Morgan fingerprint density at radius 1 is 1.17 bits per heavy atom. The Balaban J connectivity index is 0.000000967. The van der Waals surface area contributed by atoms with E-state index in [4.69, 9.17) is 14.5 Å². The maximum atomic E-state index is 13.5. The van der Waals surface area contributed by atoms with Gasteiger partial charge in [0.1, 0.15) is 11.2 Å². The fraction of sp³-hybridized carbons (Fsp3) is 0.440. The van der Waals surface area contributed by atoms with Crippen LogP contribution in [0.3, 0.4) is 0 Å². The Morgan fingerprint density at radius 2 is 1.81 bits per heavy atom. The number of hydrogen-bond acceptors (Lipinski definition) is 8. The molecule has 192 valence electrons. The van der Waals surface area contributed by atoms with Crippen molar-refractivity contribution in [1.82, 2.24) is 25.3 Å². The summed E-state index contributed by atoms with van der Waals surface area (Å²) in [5.74, 6) is -0.342. The number of carboxylic acids is 1. The number of carbonyl (C=O) groups is 1. The zero-order valence-electron chi connectivity index (χ0n) is 20.8. The Kier molecular flexibility index (Phi) is 7.62. The molecule has 10 nitrogen and oxygen atoms in total. The van der Waals surface area contributed by atoms with Crippen molar-refractivity contribution in [3.05, 3.63) is 48.2 Å². The highest BCUT2D eigenvalue weighted by Gasteiger charge is 2.41. The average Bonchev–Trinajstić information content (AvgIpc) is 3.63. The largest absolute Gasteiger partial charge is 0.481 e. The average molecular weight is 499 g/mol. The van der Waals surface area contributed by atoms with Gasteiger partial charge < -0.3 is 29.8 Å². The number of nitrogens with zero attached hydrogens (tertiary/aromatic N) is 4. The van der Waals surface area contributed by atoms with Gasteiger partial charge in [0.25, 0.3) is 0 Å². The summed E-state index contributed by atoms with van der Waals surface area (Å²) in [4.78, 5) is 30.6. The highest BCUT2D eigenvalue weighted by Crippen LogP contribution is 2.36. The van der Waals surface area contributed by atoms with Crippen LogP contribution >= 0.6 is 0 Å². The van der Waals surface area contributed by atoms with E-state index >= 15 is 0 Å². The van der Waals surface area contributed by atoms with Gasteiger partial charge in [-0.25, -0.2) is 19.3 Å². The smallest absolute Gasteiger partial charge is 0.314 e. The van der Waals surface area contributed by atoms with Crippen molar-refractivity contribution in [3.63, 3.8) is 0 Å². The predicted molar refractivity (Wildman–Crippen MR) is 132 cm³/mol. The van der Waals surface area contributed by atoms with Crippen LogP contribution in [-0.4, -0.2) is 71.4 Å². The Bertz CT molecular complexity index is 1190. The van der Waals surface area contributed by atoms with Gasteiger partial charge in [-0.15, -0.1) is 0 Å². The number of benzene rings is 1. The van der Waals surface area contributed by atoms with Gasteiger partial charge in [-0.1, -0.05) is 0 Å². The number of carboxylic acid groups (broad SMARTS) is 1. The maximum absolute atomic E-state index is 13.5. The molecular weight excluding hydrogens is 467 g/mol. The third kappa shape index (κ3) is 5.53. The number of rotatable bonds is 6. The summed E-state index contributed by atoms with van der Waals surface area (Å²) in [6.07, 6.45) is 3.06. The van der Waals surface area contributed by atoms with Crippen molar-refractivity contribution in [3.8, 4) is 22.6 Å². The SMILES string of the molecule is CN(c1nccc(-c2[nH]c(C3OCC(C)(C(=O)O)CO3)nc2-c2ccc(F)cc2)n1)C1CC1.CNC. The van der Waals surface area contributed by atoms with Crippen molar-refractivity contribution >= 4 is 11.9 Å². The molecule has 0 spiro atoms. The van der Waals surface area contributed by atoms with Crippen molar-refractivity contribution in [2.45, 2.75) is 32.1 Å². The molecule has 5 rings (SSSR count). The third-order valence-electron chi connectivity index (χ3n) is 5.99. The molecule has 0 amide bonds. The highest BCUT2D eigenvalue weighted by molar-refractivity contribution is 5.77. The summed E-state index contributed by atoms with van der Waals surface area (Å²) in [6.45, 7) is 1.54. The number of nitrogens with one attached hydrogen (secondary N) is 2. The second-order valence-corrected chi connectivity index (χ2v) is 9.26. The van der Waals surface area contributed by atoms with Gasteiger partial charge in [0.05, 0.1) is 30.3 Å². The van der Waals surface area contributed by atoms with Gasteiger partial charge >= 0.3 is 5.97 Å². The molecule has 3 aromatic rings. The van der Waals surface area contributed by atoms with Crippen LogP contribution < -0.4 is 10.2 Å². The van der Waals surface area contributed by atoms with Crippen LogP contribution in [0, 0.1) is 11.2 Å². The van der Waals surface area contributed by atoms with E-state index in [-0.39, 0.29) is 19.0 Å².